The molecule has 10 nitrogen and oxygen atoms in total. The monoisotopic (exact) mass is 515 g/mol. The number of rotatable bonds is 7. The first-order chi connectivity index (χ1) is 17.9. The van der Waals surface area contributed by atoms with Crippen LogP contribution in [0.1, 0.15) is 18.4 Å². The number of hydrogen-bond acceptors (Lipinski definition) is 8. The van der Waals surface area contributed by atoms with Gasteiger partial charge in [0.15, 0.2) is 0 Å². The number of carboxylic acid groups (broad SMARTS) is 2. The van der Waals surface area contributed by atoms with Gasteiger partial charge in [-0.1, -0.05) is 12.1 Å². The highest BCUT2D eigenvalue weighted by molar-refractivity contribution is 6.27. The molecule has 0 spiro atoms. The molecule has 2 aromatic rings. The number of likely N-dealkylation sites (tertiary alicyclic amines) is 1. The molecule has 2 aromatic carbocycles. The molecule has 0 radical (unpaired) electrons. The number of piperazine rings is 1. The molecule has 0 aliphatic carbocycles. The second-order valence-corrected chi connectivity index (χ2v) is 8.99. The molecule has 4 rings (SSSR count). The van der Waals surface area contributed by atoms with Crippen LogP contribution in [0.15, 0.2) is 42.5 Å². The fourth-order valence-electron chi connectivity index (χ4n) is 4.91. The number of hydrogen-bond donors (Lipinski definition) is 2. The summed E-state index contributed by atoms with van der Waals surface area (Å²) in [4.78, 5) is 25.9. The molecule has 0 atom stereocenters. The summed E-state index contributed by atoms with van der Waals surface area (Å²) in [5, 5.41) is 14.8. The lowest BCUT2D eigenvalue weighted by atomic mass is 10.0. The molecule has 0 unspecified atom stereocenters. The summed E-state index contributed by atoms with van der Waals surface area (Å²) in [5.74, 6) is -0.851. The van der Waals surface area contributed by atoms with Crippen LogP contribution in [0.25, 0.3) is 0 Å². The molecule has 0 saturated carbocycles. The van der Waals surface area contributed by atoms with Crippen LogP contribution in [0, 0.1) is 0 Å². The van der Waals surface area contributed by atoms with Gasteiger partial charge in [0.05, 0.1) is 27.0 Å². The summed E-state index contributed by atoms with van der Waals surface area (Å²) in [7, 11) is 5.21. The lowest BCUT2D eigenvalue weighted by Gasteiger charge is -2.43. The van der Waals surface area contributed by atoms with Crippen molar-refractivity contribution in [2.45, 2.75) is 25.4 Å². The third-order valence-corrected chi connectivity index (χ3v) is 6.88. The standard InChI is InChI=1S/C25H35N3O3.C2H2O4/c1-29-22-8-9-24(30-2)20(18-22)19-26-12-10-21(11-13-26)27-14-16-28(17-15-27)23-6-4-5-7-25(23)31-3;3-1(4)2(5)6/h4-9,18,21H,10-17,19H2,1-3H3;(H,3,4)(H,5,6). The van der Waals surface area contributed by atoms with E-state index in [1.54, 1.807) is 21.3 Å². The van der Waals surface area contributed by atoms with Crippen molar-refractivity contribution in [3.05, 3.63) is 48.0 Å². The van der Waals surface area contributed by atoms with Crippen molar-refractivity contribution < 1.29 is 34.0 Å². The van der Waals surface area contributed by atoms with Crippen LogP contribution in [0.4, 0.5) is 5.69 Å². The van der Waals surface area contributed by atoms with Crippen LogP contribution in [-0.2, 0) is 16.1 Å². The predicted molar refractivity (Wildman–Crippen MR) is 140 cm³/mol. The van der Waals surface area contributed by atoms with Gasteiger partial charge in [0.1, 0.15) is 17.2 Å². The minimum atomic E-state index is -1.82. The number of anilines is 1. The zero-order valence-electron chi connectivity index (χ0n) is 21.8. The Morgan fingerprint density at radius 2 is 1.43 bits per heavy atom. The van der Waals surface area contributed by atoms with Gasteiger partial charge in [-0.25, -0.2) is 9.59 Å². The minimum Gasteiger partial charge on any atom is -0.497 e. The number of methoxy groups -OCH3 is 3. The maximum Gasteiger partial charge on any atom is 0.414 e. The Hall–Kier alpha value is -3.50. The van der Waals surface area contributed by atoms with E-state index in [1.165, 1.54) is 24.1 Å². The Labute approximate surface area is 217 Å². The van der Waals surface area contributed by atoms with Gasteiger partial charge in [-0.15, -0.1) is 0 Å². The smallest absolute Gasteiger partial charge is 0.414 e. The van der Waals surface area contributed by atoms with E-state index in [-0.39, 0.29) is 0 Å². The first-order valence-corrected chi connectivity index (χ1v) is 12.4. The molecule has 2 saturated heterocycles. The number of carboxylic acids is 2. The van der Waals surface area contributed by atoms with Crippen LogP contribution >= 0.6 is 0 Å². The number of para-hydroxylation sites is 2. The van der Waals surface area contributed by atoms with Crippen molar-refractivity contribution >= 4 is 17.6 Å². The lowest BCUT2D eigenvalue weighted by Crippen LogP contribution is -2.53. The molecule has 0 aromatic heterocycles. The van der Waals surface area contributed by atoms with E-state index in [0.717, 1.165) is 63.1 Å². The van der Waals surface area contributed by atoms with Gasteiger partial charge >= 0.3 is 11.9 Å². The number of carbonyl (C=O) groups is 2. The highest BCUT2D eigenvalue weighted by atomic mass is 16.5. The molecule has 10 heteroatoms. The van der Waals surface area contributed by atoms with Crippen LogP contribution in [0.5, 0.6) is 17.2 Å². The Bertz CT molecular complexity index is 1020. The summed E-state index contributed by atoms with van der Waals surface area (Å²) >= 11 is 0. The van der Waals surface area contributed by atoms with Gasteiger partial charge in [0.25, 0.3) is 0 Å². The van der Waals surface area contributed by atoms with Gasteiger partial charge in [-0.05, 0) is 56.3 Å². The molecular weight excluding hydrogens is 478 g/mol. The van der Waals surface area contributed by atoms with Crippen LogP contribution in [0.3, 0.4) is 0 Å². The summed E-state index contributed by atoms with van der Waals surface area (Å²) < 4.78 is 16.5. The van der Waals surface area contributed by atoms with Gasteiger partial charge in [-0.3, -0.25) is 9.80 Å². The van der Waals surface area contributed by atoms with Crippen molar-refractivity contribution in [2.24, 2.45) is 0 Å². The van der Waals surface area contributed by atoms with E-state index in [4.69, 9.17) is 34.0 Å². The number of ether oxygens (including phenoxy) is 3. The maximum absolute atomic E-state index is 9.10. The van der Waals surface area contributed by atoms with Crippen LogP contribution < -0.4 is 19.1 Å². The highest BCUT2D eigenvalue weighted by Gasteiger charge is 2.28. The quantitative estimate of drug-likeness (QED) is 0.534. The second kappa shape index (κ2) is 13.7. The summed E-state index contributed by atoms with van der Waals surface area (Å²) in [6.45, 7) is 7.51. The molecule has 2 heterocycles. The van der Waals surface area contributed by atoms with Gasteiger partial charge < -0.3 is 29.3 Å². The normalized spacial score (nSPS) is 16.9. The van der Waals surface area contributed by atoms with E-state index >= 15 is 0 Å². The summed E-state index contributed by atoms with van der Waals surface area (Å²) in [6, 6.07) is 15.1. The summed E-state index contributed by atoms with van der Waals surface area (Å²) in [5.41, 5.74) is 2.41. The van der Waals surface area contributed by atoms with E-state index in [1.807, 2.05) is 18.2 Å². The Morgan fingerprint density at radius 1 is 0.811 bits per heavy atom. The van der Waals surface area contributed by atoms with Gasteiger partial charge in [0.2, 0.25) is 0 Å². The van der Waals surface area contributed by atoms with Crippen molar-refractivity contribution in [1.29, 1.82) is 0 Å². The summed E-state index contributed by atoms with van der Waals surface area (Å²) in [6.07, 6.45) is 2.45. The lowest BCUT2D eigenvalue weighted by molar-refractivity contribution is -0.159. The topological polar surface area (TPSA) is 112 Å². The third kappa shape index (κ3) is 7.74. The fourth-order valence-corrected chi connectivity index (χ4v) is 4.91. The van der Waals surface area contributed by atoms with Crippen LogP contribution in [0.2, 0.25) is 0 Å². The van der Waals surface area contributed by atoms with Crippen molar-refractivity contribution in [1.82, 2.24) is 9.80 Å². The molecule has 2 aliphatic heterocycles. The molecule has 2 fully saturated rings. The van der Waals surface area contributed by atoms with Gasteiger partial charge in [0, 0.05) is 44.3 Å². The molecule has 37 heavy (non-hydrogen) atoms. The first kappa shape index (κ1) is 28.1. The number of benzene rings is 2. The zero-order chi connectivity index (χ0) is 26.8. The number of piperidine rings is 1. The average Bonchev–Trinajstić information content (AvgIpc) is 2.93. The van der Waals surface area contributed by atoms with E-state index < -0.39 is 11.9 Å². The van der Waals surface area contributed by atoms with Crippen molar-refractivity contribution in [2.75, 3.05) is 65.5 Å². The van der Waals surface area contributed by atoms with Crippen molar-refractivity contribution in [3.8, 4) is 17.2 Å². The molecule has 0 bridgehead atoms. The largest absolute Gasteiger partial charge is 0.497 e. The average molecular weight is 516 g/mol. The third-order valence-electron chi connectivity index (χ3n) is 6.88. The number of nitrogens with zero attached hydrogens (tertiary/aromatic N) is 3. The Kier molecular flexibility index (Phi) is 10.4. The molecule has 0 amide bonds. The Balaban J connectivity index is 0.000000568. The molecule has 2 N–H and O–H groups in total. The van der Waals surface area contributed by atoms with Crippen molar-refractivity contribution in [3.63, 3.8) is 0 Å². The Morgan fingerprint density at radius 3 is 2.00 bits per heavy atom. The highest BCUT2D eigenvalue weighted by Crippen LogP contribution is 2.30. The minimum absolute atomic E-state index is 0.684. The van der Waals surface area contributed by atoms with E-state index in [2.05, 4.69) is 39.0 Å². The van der Waals surface area contributed by atoms with Gasteiger partial charge in [-0.2, -0.15) is 0 Å². The second-order valence-electron chi connectivity index (χ2n) is 8.99. The SMILES string of the molecule is COc1ccc(OC)c(CN2CCC(N3CCN(c4ccccc4OC)CC3)CC2)c1.O=C(O)C(=O)O. The number of aliphatic carboxylic acids is 2. The molecule has 202 valence electrons. The predicted octanol–water partition coefficient (Wildman–Crippen LogP) is 2.65. The molecule has 2 aliphatic rings. The maximum atomic E-state index is 9.10. The molecular formula is C27H37N3O7. The van der Waals surface area contributed by atoms with E-state index in [0.29, 0.717) is 6.04 Å². The first-order valence-electron chi connectivity index (χ1n) is 12.4. The fraction of sp³-hybridized carbons (Fsp3) is 0.481. The zero-order valence-corrected chi connectivity index (χ0v) is 21.8. The van der Waals surface area contributed by atoms with E-state index in [9.17, 15) is 0 Å². The van der Waals surface area contributed by atoms with Crippen LogP contribution in [-0.4, -0.2) is 98.6 Å².